The van der Waals surface area contributed by atoms with Gasteiger partial charge in [-0.25, -0.2) is 14.2 Å². The number of nitriles is 1. The van der Waals surface area contributed by atoms with Gasteiger partial charge in [0, 0.05) is 24.6 Å². The molecule has 0 saturated carbocycles. The summed E-state index contributed by atoms with van der Waals surface area (Å²) in [7, 11) is 1.56. The van der Waals surface area contributed by atoms with Crippen LogP contribution in [0, 0.1) is 17.1 Å². The van der Waals surface area contributed by atoms with Crippen LogP contribution in [0.3, 0.4) is 0 Å². The van der Waals surface area contributed by atoms with E-state index in [4.69, 9.17) is 4.74 Å². The first kappa shape index (κ1) is 20.5. The van der Waals surface area contributed by atoms with Crippen molar-refractivity contribution in [2.24, 2.45) is 4.99 Å². The highest BCUT2D eigenvalue weighted by atomic mass is 19.1. The number of hydrogen-bond donors (Lipinski definition) is 2. The molecule has 31 heavy (non-hydrogen) atoms. The van der Waals surface area contributed by atoms with Crippen LogP contribution in [-0.4, -0.2) is 49.6 Å². The zero-order valence-corrected chi connectivity index (χ0v) is 16.8. The summed E-state index contributed by atoms with van der Waals surface area (Å²) in [6, 6.07) is 14.4. The second-order valence-corrected chi connectivity index (χ2v) is 7.37. The van der Waals surface area contributed by atoms with Gasteiger partial charge in [-0.1, -0.05) is 30.3 Å². The van der Waals surface area contributed by atoms with E-state index in [1.54, 1.807) is 49.5 Å². The third-order valence-electron chi connectivity index (χ3n) is 5.33. The highest BCUT2D eigenvalue weighted by molar-refractivity contribution is 6.20. The average molecular weight is 421 g/mol. The van der Waals surface area contributed by atoms with Gasteiger partial charge in [0.05, 0.1) is 30.7 Å². The van der Waals surface area contributed by atoms with Crippen LogP contribution >= 0.6 is 0 Å². The highest BCUT2D eigenvalue weighted by Gasteiger charge is 2.38. The molecular weight excluding hydrogens is 401 g/mol. The number of amides is 3. The number of ether oxygens (including phenoxy) is 1. The van der Waals surface area contributed by atoms with E-state index in [0.29, 0.717) is 24.3 Å². The highest BCUT2D eigenvalue weighted by Crippen LogP contribution is 2.28. The van der Waals surface area contributed by atoms with Crippen molar-refractivity contribution in [1.82, 2.24) is 10.6 Å². The molecule has 9 heteroatoms. The number of fused-ring (bicyclic) bond motifs is 1. The van der Waals surface area contributed by atoms with Crippen molar-refractivity contribution < 1.29 is 18.7 Å². The topological polar surface area (TPSA) is 107 Å². The number of carbonyl (C=O) groups excluding carboxylic acids is 2. The fourth-order valence-corrected chi connectivity index (χ4v) is 3.64. The van der Waals surface area contributed by atoms with E-state index in [0.717, 1.165) is 0 Å². The summed E-state index contributed by atoms with van der Waals surface area (Å²) in [5, 5.41) is 14.5. The van der Waals surface area contributed by atoms with E-state index in [1.165, 1.54) is 11.0 Å². The summed E-state index contributed by atoms with van der Waals surface area (Å²) in [5.41, 5.74) is 0.395. The number of para-hydroxylation sites is 1. The van der Waals surface area contributed by atoms with Crippen LogP contribution in [0.1, 0.15) is 17.5 Å². The minimum absolute atomic E-state index is 0.0601. The molecule has 2 aromatic carbocycles. The molecule has 8 nitrogen and oxygen atoms in total. The fraction of sp³-hybridized carbons (Fsp3) is 0.273. The lowest BCUT2D eigenvalue weighted by atomic mass is 10.00. The van der Waals surface area contributed by atoms with Crippen LogP contribution in [0.15, 0.2) is 53.5 Å². The van der Waals surface area contributed by atoms with Crippen molar-refractivity contribution in [3.05, 3.63) is 65.5 Å². The zero-order chi connectivity index (χ0) is 22.0. The zero-order valence-electron chi connectivity index (χ0n) is 16.8. The van der Waals surface area contributed by atoms with Crippen LogP contribution in [-0.2, 0) is 9.53 Å². The van der Waals surface area contributed by atoms with E-state index in [9.17, 15) is 19.2 Å². The van der Waals surface area contributed by atoms with Gasteiger partial charge in [-0.2, -0.15) is 5.26 Å². The number of rotatable bonds is 3. The van der Waals surface area contributed by atoms with Gasteiger partial charge in [0.2, 0.25) is 6.17 Å². The van der Waals surface area contributed by atoms with E-state index < -0.39 is 29.5 Å². The summed E-state index contributed by atoms with van der Waals surface area (Å²) in [6.45, 7) is 0.411. The van der Waals surface area contributed by atoms with Crippen LogP contribution in [0.25, 0.3) is 0 Å². The molecule has 0 bridgehead atoms. The number of carbonyl (C=O) groups is 2. The Labute approximate surface area is 178 Å². The van der Waals surface area contributed by atoms with E-state index >= 15 is 0 Å². The fourth-order valence-electron chi connectivity index (χ4n) is 3.64. The molecule has 158 valence electrons. The number of urea groups is 1. The largest absolute Gasteiger partial charge is 0.378 e. The number of benzodiazepines with no additional fused rings is 1. The van der Waals surface area contributed by atoms with Crippen molar-refractivity contribution in [2.75, 3.05) is 25.2 Å². The molecule has 4 rings (SSSR count). The predicted molar refractivity (Wildman–Crippen MR) is 111 cm³/mol. The molecular formula is C22H20FN5O3. The van der Waals surface area contributed by atoms with Crippen molar-refractivity contribution in [2.45, 2.75) is 18.1 Å². The molecule has 1 saturated heterocycles. The predicted octanol–water partition coefficient (Wildman–Crippen LogP) is 1.95. The third kappa shape index (κ3) is 3.85. The maximum atomic E-state index is 14.6. The molecule has 2 atom stereocenters. The number of aliphatic imine (C=N–C) groups is 1. The van der Waals surface area contributed by atoms with Crippen molar-refractivity contribution in [1.29, 1.82) is 5.26 Å². The molecule has 2 aromatic rings. The molecule has 2 unspecified atom stereocenters. The first-order chi connectivity index (χ1) is 14.9. The lowest BCUT2D eigenvalue weighted by molar-refractivity contribution is -0.119. The Morgan fingerprint density at radius 2 is 1.97 bits per heavy atom. The van der Waals surface area contributed by atoms with Gasteiger partial charge in [-0.3, -0.25) is 4.79 Å². The first-order valence-corrected chi connectivity index (χ1v) is 9.71. The van der Waals surface area contributed by atoms with Gasteiger partial charge in [-0.15, -0.1) is 0 Å². The maximum absolute atomic E-state index is 14.6. The van der Waals surface area contributed by atoms with Gasteiger partial charge in [0.15, 0.2) is 5.54 Å². The average Bonchev–Trinajstić information content (AvgIpc) is 3.21. The van der Waals surface area contributed by atoms with E-state index in [1.807, 2.05) is 0 Å². The minimum Gasteiger partial charge on any atom is -0.378 e. The van der Waals surface area contributed by atoms with Gasteiger partial charge in [0.1, 0.15) is 5.82 Å². The molecule has 0 aromatic heterocycles. The normalized spacial score (nSPS) is 22.7. The lowest BCUT2D eigenvalue weighted by Crippen LogP contribution is -2.56. The molecule has 1 fully saturated rings. The number of nitrogens with zero attached hydrogens (tertiary/aromatic N) is 3. The van der Waals surface area contributed by atoms with Crippen LogP contribution in [0.4, 0.5) is 14.9 Å². The molecule has 0 spiro atoms. The monoisotopic (exact) mass is 421 g/mol. The van der Waals surface area contributed by atoms with E-state index in [-0.39, 0.29) is 17.9 Å². The van der Waals surface area contributed by atoms with Crippen LogP contribution in [0.2, 0.25) is 0 Å². The number of hydrogen-bond acceptors (Lipinski definition) is 5. The first-order valence-electron chi connectivity index (χ1n) is 9.71. The number of anilines is 1. The Bertz CT molecular complexity index is 1100. The number of halogens is 1. The lowest BCUT2D eigenvalue weighted by Gasteiger charge is -2.24. The summed E-state index contributed by atoms with van der Waals surface area (Å²) < 4.78 is 19.8. The van der Waals surface area contributed by atoms with E-state index in [2.05, 4.69) is 21.7 Å². The second-order valence-electron chi connectivity index (χ2n) is 7.37. The summed E-state index contributed by atoms with van der Waals surface area (Å²) in [4.78, 5) is 31.5. The summed E-state index contributed by atoms with van der Waals surface area (Å²) >= 11 is 0. The number of nitrogens with one attached hydrogen (secondary N) is 2. The van der Waals surface area contributed by atoms with Gasteiger partial charge < -0.3 is 20.3 Å². The molecule has 2 aliphatic rings. The molecule has 0 aliphatic carbocycles. The van der Waals surface area contributed by atoms with Gasteiger partial charge in [0.25, 0.3) is 5.91 Å². The third-order valence-corrected chi connectivity index (χ3v) is 5.33. The quantitative estimate of drug-likeness (QED) is 0.790. The Morgan fingerprint density at radius 3 is 2.65 bits per heavy atom. The molecule has 3 amide bonds. The standard InChI is InChI=1S/C22H20FN5O3/c1-28-17-9-5-3-7-15(17)18(14-6-2-4-8-16(14)23)25-19(20(28)29)26-21(30)27-22(12-24)10-11-31-13-22/h2-9,19H,10-11,13H2,1H3,(H2,26,27,30). The Kier molecular flexibility index (Phi) is 5.40. The number of likely N-dealkylation sites (N-methyl/N-ethyl adjacent to an activating group) is 1. The molecule has 2 heterocycles. The maximum Gasteiger partial charge on any atom is 0.318 e. The molecule has 0 radical (unpaired) electrons. The SMILES string of the molecule is CN1C(=O)C(NC(=O)NC2(C#N)CCOC2)N=C(c2ccccc2F)c2ccccc21. The molecule has 2 aliphatic heterocycles. The van der Waals surface area contributed by atoms with Gasteiger partial charge in [-0.05, 0) is 18.2 Å². The Morgan fingerprint density at radius 1 is 1.26 bits per heavy atom. The van der Waals surface area contributed by atoms with Crippen LogP contribution in [0.5, 0.6) is 0 Å². The Balaban J connectivity index is 1.72. The minimum atomic E-state index is -1.31. The van der Waals surface area contributed by atoms with Gasteiger partial charge >= 0.3 is 6.03 Å². The smallest absolute Gasteiger partial charge is 0.318 e. The van der Waals surface area contributed by atoms with Crippen LogP contribution < -0.4 is 15.5 Å². The van der Waals surface area contributed by atoms with Crippen molar-refractivity contribution in [3.63, 3.8) is 0 Å². The Hall–Kier alpha value is -3.77. The second kappa shape index (κ2) is 8.16. The molecule has 2 N–H and O–H groups in total. The number of benzene rings is 2. The van der Waals surface area contributed by atoms with Crippen molar-refractivity contribution in [3.8, 4) is 6.07 Å². The summed E-state index contributed by atoms with van der Waals surface area (Å²) in [5.74, 6) is -0.995. The van der Waals surface area contributed by atoms with Crippen molar-refractivity contribution >= 4 is 23.3 Å². The summed E-state index contributed by atoms with van der Waals surface area (Å²) in [6.07, 6.45) is -0.977.